The summed E-state index contributed by atoms with van der Waals surface area (Å²) < 4.78 is 11.7. The van der Waals surface area contributed by atoms with E-state index in [1.807, 2.05) is 37.3 Å². The third kappa shape index (κ3) is 6.68. The van der Waals surface area contributed by atoms with Gasteiger partial charge in [-0.05, 0) is 67.5 Å². The number of unbranched alkanes of at least 4 members (excludes halogenated alkanes) is 2. The monoisotopic (exact) mass is 480 g/mol. The van der Waals surface area contributed by atoms with E-state index >= 15 is 0 Å². The number of halogens is 3. The Morgan fingerprint density at radius 2 is 1.19 bits per heavy atom. The van der Waals surface area contributed by atoms with E-state index in [4.69, 9.17) is 44.3 Å². The molecule has 0 atom stereocenters. The van der Waals surface area contributed by atoms with Gasteiger partial charge in [0.15, 0.2) is 5.75 Å². The molecule has 0 aromatic heterocycles. The molecule has 2 aromatic rings. The lowest BCUT2D eigenvalue weighted by Crippen LogP contribution is -2.19. The van der Waals surface area contributed by atoms with E-state index in [1.54, 1.807) is 0 Å². The topological polar surface area (TPSA) is 18.5 Å². The van der Waals surface area contributed by atoms with Gasteiger partial charge in [-0.15, -0.1) is 13.2 Å². The van der Waals surface area contributed by atoms with Crippen LogP contribution in [0.5, 0.6) is 11.5 Å². The van der Waals surface area contributed by atoms with Crippen molar-refractivity contribution in [3.63, 3.8) is 0 Å². The van der Waals surface area contributed by atoms with E-state index < -0.39 is 0 Å². The number of benzene rings is 2. The molecule has 0 saturated carbocycles. The molecule has 0 amide bonds. The molecule has 0 spiro atoms. The van der Waals surface area contributed by atoms with E-state index in [-0.39, 0.29) is 5.41 Å². The lowest BCUT2D eigenvalue weighted by molar-refractivity contribution is 0.310. The summed E-state index contributed by atoms with van der Waals surface area (Å²) in [6.07, 6.45) is 7.32. The first-order valence-electron chi connectivity index (χ1n) is 10.5. The Morgan fingerprint density at radius 1 is 0.774 bits per heavy atom. The van der Waals surface area contributed by atoms with Gasteiger partial charge in [0.25, 0.3) is 0 Å². The van der Waals surface area contributed by atoms with Crippen molar-refractivity contribution in [3.05, 3.63) is 81.3 Å². The summed E-state index contributed by atoms with van der Waals surface area (Å²) in [5.41, 5.74) is 2.66. The van der Waals surface area contributed by atoms with E-state index in [1.165, 1.54) is 0 Å². The predicted octanol–water partition coefficient (Wildman–Crippen LogP) is 8.97. The zero-order valence-electron chi connectivity index (χ0n) is 18.6. The van der Waals surface area contributed by atoms with Crippen LogP contribution in [0.3, 0.4) is 0 Å². The molecule has 5 heteroatoms. The van der Waals surface area contributed by atoms with Crippen LogP contribution in [-0.4, -0.2) is 13.2 Å². The fourth-order valence-corrected chi connectivity index (χ4v) is 4.22. The van der Waals surface area contributed by atoms with Crippen molar-refractivity contribution in [2.24, 2.45) is 0 Å². The zero-order chi connectivity index (χ0) is 23.0. The van der Waals surface area contributed by atoms with Gasteiger partial charge < -0.3 is 9.47 Å². The second-order valence-corrected chi connectivity index (χ2v) is 9.28. The maximum atomic E-state index is 6.59. The third-order valence-electron chi connectivity index (χ3n) is 5.27. The Morgan fingerprint density at radius 3 is 1.65 bits per heavy atom. The minimum Gasteiger partial charge on any atom is -0.492 e. The van der Waals surface area contributed by atoms with E-state index in [9.17, 15) is 0 Å². The van der Waals surface area contributed by atoms with Crippen LogP contribution in [0.2, 0.25) is 15.1 Å². The van der Waals surface area contributed by atoms with Gasteiger partial charge in [0, 0.05) is 5.41 Å². The van der Waals surface area contributed by atoms with Crippen molar-refractivity contribution >= 4 is 34.8 Å². The number of aryl methyl sites for hydroxylation is 1. The molecule has 0 fully saturated rings. The minimum absolute atomic E-state index is 0.371. The molecule has 0 aliphatic heterocycles. The summed E-state index contributed by atoms with van der Waals surface area (Å²) >= 11 is 19.6. The van der Waals surface area contributed by atoms with Gasteiger partial charge >= 0.3 is 0 Å². The number of ether oxygens (including phenoxy) is 2. The van der Waals surface area contributed by atoms with Gasteiger partial charge in [0.05, 0.1) is 28.3 Å². The molecule has 0 aliphatic carbocycles. The highest BCUT2D eigenvalue weighted by atomic mass is 35.5. The smallest absolute Gasteiger partial charge is 0.156 e. The van der Waals surface area contributed by atoms with E-state index in [2.05, 4.69) is 33.1 Å². The molecule has 0 aliphatic rings. The molecule has 0 saturated heterocycles. The van der Waals surface area contributed by atoms with Gasteiger partial charge in [0.2, 0.25) is 0 Å². The highest BCUT2D eigenvalue weighted by molar-refractivity contribution is 6.37. The van der Waals surface area contributed by atoms with Crippen LogP contribution >= 0.6 is 34.8 Å². The Kier molecular flexibility index (Phi) is 9.81. The molecule has 2 aromatic carbocycles. The fraction of sp³-hybridized carbons (Fsp3) is 0.385. The lowest BCUT2D eigenvalue weighted by atomic mass is 9.77. The average Bonchev–Trinajstić information content (AvgIpc) is 2.71. The number of allylic oxidation sites excluding steroid dienone is 2. The molecule has 0 N–H and O–H groups in total. The normalized spacial score (nSPS) is 11.3. The van der Waals surface area contributed by atoms with Crippen LogP contribution < -0.4 is 9.47 Å². The first-order chi connectivity index (χ1) is 14.7. The van der Waals surface area contributed by atoms with Gasteiger partial charge in [-0.3, -0.25) is 0 Å². The minimum atomic E-state index is -0.371. The van der Waals surface area contributed by atoms with Gasteiger partial charge in [-0.1, -0.05) is 66.9 Å². The first-order valence-corrected chi connectivity index (χ1v) is 11.6. The molecule has 0 bridgehead atoms. The van der Waals surface area contributed by atoms with Crippen molar-refractivity contribution in [2.75, 3.05) is 13.2 Å². The first kappa shape index (κ1) is 25.6. The van der Waals surface area contributed by atoms with Crippen LogP contribution in [0.15, 0.2) is 49.6 Å². The highest BCUT2D eigenvalue weighted by Gasteiger charge is 2.27. The third-order valence-corrected chi connectivity index (χ3v) is 6.11. The lowest BCUT2D eigenvalue weighted by Gasteiger charge is -2.28. The Hall–Kier alpha value is -1.61. The van der Waals surface area contributed by atoms with Gasteiger partial charge in [0.1, 0.15) is 5.75 Å². The number of rotatable bonds is 12. The van der Waals surface area contributed by atoms with Crippen molar-refractivity contribution in [3.8, 4) is 11.5 Å². The van der Waals surface area contributed by atoms with Crippen LogP contribution in [0.25, 0.3) is 0 Å². The average molecular weight is 482 g/mol. The summed E-state index contributed by atoms with van der Waals surface area (Å²) in [7, 11) is 0. The molecule has 2 nitrogen and oxygen atoms in total. The van der Waals surface area contributed by atoms with Crippen LogP contribution in [0.1, 0.15) is 56.2 Å². The Labute approximate surface area is 201 Å². The van der Waals surface area contributed by atoms with Crippen molar-refractivity contribution < 1.29 is 9.47 Å². The summed E-state index contributed by atoms with van der Waals surface area (Å²) in [5.74, 6) is 1.24. The maximum absolute atomic E-state index is 6.59. The molecule has 0 heterocycles. The molecule has 31 heavy (non-hydrogen) atoms. The molecule has 0 radical (unpaired) electrons. The maximum Gasteiger partial charge on any atom is 0.156 e. The van der Waals surface area contributed by atoms with Crippen LogP contribution in [0.4, 0.5) is 0 Å². The SMILES string of the molecule is C=CCCCOc1c(C)cc(C(C)(C)c2cc(Cl)c(OCCCC=C)c(Cl)c2)cc1Cl. The van der Waals surface area contributed by atoms with Crippen molar-refractivity contribution in [2.45, 2.75) is 51.9 Å². The summed E-state index contributed by atoms with van der Waals surface area (Å²) in [6, 6.07) is 7.90. The quantitative estimate of drug-likeness (QED) is 0.222. The molecule has 2 rings (SSSR count). The van der Waals surface area contributed by atoms with E-state index in [0.717, 1.165) is 48.1 Å². The fourth-order valence-electron chi connectivity index (χ4n) is 3.30. The highest BCUT2D eigenvalue weighted by Crippen LogP contribution is 2.42. The second-order valence-electron chi connectivity index (χ2n) is 8.06. The molecule has 0 unspecified atom stereocenters. The number of hydrogen-bond donors (Lipinski definition) is 0. The second kappa shape index (κ2) is 11.9. The molecular weight excluding hydrogens is 451 g/mol. The van der Waals surface area contributed by atoms with Crippen LogP contribution in [-0.2, 0) is 5.41 Å². The summed E-state index contributed by atoms with van der Waals surface area (Å²) in [4.78, 5) is 0. The molecule has 168 valence electrons. The summed E-state index contributed by atoms with van der Waals surface area (Å²) in [6.45, 7) is 14.8. The standard InChI is InChI=1S/C26H31Cl3O2/c1-6-8-10-12-30-24-18(3)14-19(15-21(24)27)26(4,5)20-16-22(28)25(23(29)17-20)31-13-11-9-7-2/h6-7,14-17H,1-2,8-13H2,3-5H3. The summed E-state index contributed by atoms with van der Waals surface area (Å²) in [5, 5.41) is 1.60. The zero-order valence-corrected chi connectivity index (χ0v) is 20.8. The predicted molar refractivity (Wildman–Crippen MR) is 135 cm³/mol. The van der Waals surface area contributed by atoms with E-state index in [0.29, 0.717) is 34.0 Å². The van der Waals surface area contributed by atoms with Crippen LogP contribution in [0, 0.1) is 6.92 Å². The Bertz CT molecular complexity index is 799. The van der Waals surface area contributed by atoms with Gasteiger partial charge in [-0.25, -0.2) is 0 Å². The van der Waals surface area contributed by atoms with Gasteiger partial charge in [-0.2, -0.15) is 0 Å². The van der Waals surface area contributed by atoms with Crippen molar-refractivity contribution in [1.82, 2.24) is 0 Å². The number of hydrogen-bond acceptors (Lipinski definition) is 2. The largest absolute Gasteiger partial charge is 0.492 e. The van der Waals surface area contributed by atoms with Crippen molar-refractivity contribution in [1.29, 1.82) is 0 Å². The molecular formula is C26H31Cl3O2. The Balaban J connectivity index is 2.28.